The summed E-state index contributed by atoms with van der Waals surface area (Å²) in [6.07, 6.45) is 0.869. The fourth-order valence-corrected chi connectivity index (χ4v) is 2.06. The standard InChI is InChI=1S/C13H19BrO3/c1-9(16-2)6-11(15)7-10-8-12(17-3)4-5-13(10)14/h4-5,8-9,11,15H,6-7H2,1-3H3. The highest BCUT2D eigenvalue weighted by molar-refractivity contribution is 9.10. The van der Waals surface area contributed by atoms with Crippen molar-refractivity contribution >= 4 is 15.9 Å². The molecular formula is C13H19BrO3. The third-order valence-corrected chi connectivity index (χ3v) is 3.49. The summed E-state index contributed by atoms with van der Waals surface area (Å²) in [6.45, 7) is 1.95. The summed E-state index contributed by atoms with van der Waals surface area (Å²) >= 11 is 3.47. The molecule has 0 heterocycles. The molecule has 3 nitrogen and oxygen atoms in total. The minimum atomic E-state index is -0.409. The van der Waals surface area contributed by atoms with E-state index in [2.05, 4.69) is 15.9 Å². The first-order valence-electron chi connectivity index (χ1n) is 5.60. The Hall–Kier alpha value is -0.580. The van der Waals surface area contributed by atoms with E-state index in [4.69, 9.17) is 9.47 Å². The Morgan fingerprint density at radius 1 is 1.35 bits per heavy atom. The molecule has 0 saturated carbocycles. The van der Waals surface area contributed by atoms with Gasteiger partial charge in [-0.15, -0.1) is 0 Å². The van der Waals surface area contributed by atoms with Crippen LogP contribution >= 0.6 is 15.9 Å². The van der Waals surface area contributed by atoms with Gasteiger partial charge in [-0.1, -0.05) is 15.9 Å². The molecule has 1 aromatic rings. The fraction of sp³-hybridized carbons (Fsp3) is 0.538. The van der Waals surface area contributed by atoms with Crippen LogP contribution in [0.4, 0.5) is 0 Å². The second-order valence-corrected chi connectivity index (χ2v) is 4.95. The van der Waals surface area contributed by atoms with Crippen molar-refractivity contribution in [1.82, 2.24) is 0 Å². The number of aliphatic hydroxyl groups excluding tert-OH is 1. The van der Waals surface area contributed by atoms with Gasteiger partial charge in [-0.3, -0.25) is 0 Å². The van der Waals surface area contributed by atoms with Crippen LogP contribution in [0.15, 0.2) is 22.7 Å². The second kappa shape index (κ2) is 6.99. The van der Waals surface area contributed by atoms with Crippen LogP contribution in [0.25, 0.3) is 0 Å². The van der Waals surface area contributed by atoms with Crippen molar-refractivity contribution < 1.29 is 14.6 Å². The van der Waals surface area contributed by atoms with Crippen molar-refractivity contribution in [2.75, 3.05) is 14.2 Å². The summed E-state index contributed by atoms with van der Waals surface area (Å²) in [5.41, 5.74) is 1.04. The van der Waals surface area contributed by atoms with Gasteiger partial charge >= 0.3 is 0 Å². The molecule has 96 valence electrons. The molecule has 0 aliphatic rings. The topological polar surface area (TPSA) is 38.7 Å². The molecule has 17 heavy (non-hydrogen) atoms. The Labute approximate surface area is 111 Å². The molecule has 2 unspecified atom stereocenters. The van der Waals surface area contributed by atoms with Gasteiger partial charge < -0.3 is 14.6 Å². The number of hydrogen-bond donors (Lipinski definition) is 1. The molecule has 0 radical (unpaired) electrons. The zero-order chi connectivity index (χ0) is 12.8. The molecule has 1 rings (SSSR count). The summed E-state index contributed by atoms with van der Waals surface area (Å²) in [5, 5.41) is 9.95. The zero-order valence-electron chi connectivity index (χ0n) is 10.4. The molecule has 0 aliphatic heterocycles. The second-order valence-electron chi connectivity index (χ2n) is 4.10. The van der Waals surface area contributed by atoms with Crippen LogP contribution in [0, 0.1) is 0 Å². The van der Waals surface area contributed by atoms with Gasteiger partial charge in [0.1, 0.15) is 5.75 Å². The number of hydrogen-bond acceptors (Lipinski definition) is 3. The van der Waals surface area contributed by atoms with Crippen LogP contribution < -0.4 is 4.74 Å². The van der Waals surface area contributed by atoms with E-state index in [-0.39, 0.29) is 6.10 Å². The Balaban J connectivity index is 2.66. The van der Waals surface area contributed by atoms with Crippen LogP contribution in [0.3, 0.4) is 0 Å². The van der Waals surface area contributed by atoms with Crippen molar-refractivity contribution in [2.45, 2.75) is 32.0 Å². The molecule has 1 N–H and O–H groups in total. The first-order valence-corrected chi connectivity index (χ1v) is 6.39. The largest absolute Gasteiger partial charge is 0.497 e. The summed E-state index contributed by atoms with van der Waals surface area (Å²) in [4.78, 5) is 0. The fourth-order valence-electron chi connectivity index (χ4n) is 1.65. The van der Waals surface area contributed by atoms with Crippen LogP contribution in [0.1, 0.15) is 18.9 Å². The Bertz CT molecular complexity index is 355. The molecular weight excluding hydrogens is 284 g/mol. The van der Waals surface area contributed by atoms with Crippen molar-refractivity contribution in [1.29, 1.82) is 0 Å². The Kier molecular flexibility index (Phi) is 5.95. The lowest BCUT2D eigenvalue weighted by Gasteiger charge is -2.16. The number of halogens is 1. The van der Waals surface area contributed by atoms with Gasteiger partial charge in [-0.25, -0.2) is 0 Å². The Morgan fingerprint density at radius 3 is 2.65 bits per heavy atom. The number of rotatable bonds is 6. The summed E-state index contributed by atoms with van der Waals surface area (Å²) < 4.78 is 11.3. The van der Waals surface area contributed by atoms with Gasteiger partial charge in [0.2, 0.25) is 0 Å². The van der Waals surface area contributed by atoms with Gasteiger partial charge in [-0.2, -0.15) is 0 Å². The highest BCUT2D eigenvalue weighted by atomic mass is 79.9. The molecule has 0 bridgehead atoms. The molecule has 0 spiro atoms. The van der Waals surface area contributed by atoms with E-state index < -0.39 is 6.10 Å². The van der Waals surface area contributed by atoms with Crippen LogP contribution in [-0.4, -0.2) is 31.5 Å². The van der Waals surface area contributed by atoms with Crippen LogP contribution in [-0.2, 0) is 11.2 Å². The smallest absolute Gasteiger partial charge is 0.119 e. The minimum absolute atomic E-state index is 0.0642. The molecule has 0 aliphatic carbocycles. The first-order chi connectivity index (χ1) is 8.06. The number of ether oxygens (including phenoxy) is 2. The van der Waals surface area contributed by atoms with E-state index in [0.717, 1.165) is 15.8 Å². The third-order valence-electron chi connectivity index (χ3n) is 2.71. The lowest BCUT2D eigenvalue weighted by Crippen LogP contribution is -2.19. The number of methoxy groups -OCH3 is 2. The molecule has 1 aromatic carbocycles. The van der Waals surface area contributed by atoms with Gasteiger partial charge in [0.05, 0.1) is 19.3 Å². The maximum Gasteiger partial charge on any atom is 0.119 e. The molecule has 0 fully saturated rings. The van der Waals surface area contributed by atoms with Crippen molar-refractivity contribution in [3.63, 3.8) is 0 Å². The van der Waals surface area contributed by atoms with E-state index in [1.165, 1.54) is 0 Å². The van der Waals surface area contributed by atoms with E-state index in [0.29, 0.717) is 12.8 Å². The van der Waals surface area contributed by atoms with E-state index in [1.54, 1.807) is 14.2 Å². The van der Waals surface area contributed by atoms with E-state index >= 15 is 0 Å². The number of benzene rings is 1. The predicted molar refractivity (Wildman–Crippen MR) is 71.5 cm³/mol. The zero-order valence-corrected chi connectivity index (χ0v) is 12.0. The van der Waals surface area contributed by atoms with Gasteiger partial charge in [0.15, 0.2) is 0 Å². The summed E-state index contributed by atoms with van der Waals surface area (Å²) in [7, 11) is 3.29. The van der Waals surface area contributed by atoms with Gasteiger partial charge in [0, 0.05) is 11.6 Å². The van der Waals surface area contributed by atoms with Crippen molar-refractivity contribution in [2.24, 2.45) is 0 Å². The average Bonchev–Trinajstić information content (AvgIpc) is 2.31. The maximum atomic E-state index is 9.95. The SMILES string of the molecule is COc1ccc(Br)c(CC(O)CC(C)OC)c1. The Morgan fingerprint density at radius 2 is 2.06 bits per heavy atom. The third kappa shape index (κ3) is 4.66. The van der Waals surface area contributed by atoms with Crippen molar-refractivity contribution in [3.8, 4) is 5.75 Å². The molecule has 4 heteroatoms. The minimum Gasteiger partial charge on any atom is -0.497 e. The highest BCUT2D eigenvalue weighted by Gasteiger charge is 2.12. The quantitative estimate of drug-likeness (QED) is 0.878. The number of aliphatic hydroxyl groups is 1. The van der Waals surface area contributed by atoms with Gasteiger partial charge in [-0.05, 0) is 43.5 Å². The van der Waals surface area contributed by atoms with E-state index in [1.807, 2.05) is 25.1 Å². The lowest BCUT2D eigenvalue weighted by atomic mass is 10.0. The lowest BCUT2D eigenvalue weighted by molar-refractivity contribution is 0.0565. The highest BCUT2D eigenvalue weighted by Crippen LogP contribution is 2.24. The summed E-state index contributed by atoms with van der Waals surface area (Å²) in [6, 6.07) is 5.75. The normalized spacial score (nSPS) is 14.4. The van der Waals surface area contributed by atoms with Gasteiger partial charge in [0.25, 0.3) is 0 Å². The van der Waals surface area contributed by atoms with Crippen LogP contribution in [0.5, 0.6) is 5.75 Å². The maximum absolute atomic E-state index is 9.95. The van der Waals surface area contributed by atoms with Crippen LogP contribution in [0.2, 0.25) is 0 Å². The average molecular weight is 303 g/mol. The molecule has 2 atom stereocenters. The van der Waals surface area contributed by atoms with E-state index in [9.17, 15) is 5.11 Å². The monoisotopic (exact) mass is 302 g/mol. The molecule has 0 aromatic heterocycles. The first kappa shape index (κ1) is 14.5. The predicted octanol–water partition coefficient (Wildman–Crippen LogP) is 2.79. The van der Waals surface area contributed by atoms with Crippen molar-refractivity contribution in [3.05, 3.63) is 28.2 Å². The molecule has 0 amide bonds. The molecule has 0 saturated heterocycles. The summed E-state index contributed by atoms with van der Waals surface area (Å²) in [5.74, 6) is 0.801.